The molecule has 0 saturated heterocycles. The number of furan rings is 1. The lowest BCUT2D eigenvalue weighted by molar-refractivity contribution is 0.0692. The number of carboxylic acids is 1. The molecule has 2 aromatic heterocycles. The predicted octanol–water partition coefficient (Wildman–Crippen LogP) is 3.99. The van der Waals surface area contributed by atoms with Crippen LogP contribution in [-0.4, -0.2) is 16.1 Å². The van der Waals surface area contributed by atoms with Crippen LogP contribution in [0.1, 0.15) is 32.8 Å². The number of carboxylic acid groups (broad SMARTS) is 1. The molecule has 0 amide bonds. The zero-order valence-corrected chi connectivity index (χ0v) is 13.6. The van der Waals surface area contributed by atoms with Gasteiger partial charge in [0.2, 0.25) is 0 Å². The number of ether oxygens (including phenoxy) is 1. The molecular weight excluding hydrogens is 332 g/mol. The lowest BCUT2D eigenvalue weighted by Crippen LogP contribution is -2.02. The Labute approximate surface area is 149 Å². The number of aromatic carboxylic acids is 1. The van der Waals surface area contributed by atoms with Crippen molar-refractivity contribution in [3.05, 3.63) is 83.1 Å². The van der Waals surface area contributed by atoms with Crippen molar-refractivity contribution < 1.29 is 19.1 Å². The minimum Gasteiger partial charge on any atom is -0.486 e. The summed E-state index contributed by atoms with van der Waals surface area (Å²) in [6.45, 7) is 0.0341. The maximum absolute atomic E-state index is 11.0. The Morgan fingerprint density at radius 1 is 1.23 bits per heavy atom. The van der Waals surface area contributed by atoms with E-state index in [0.717, 1.165) is 11.1 Å². The molecule has 6 nitrogen and oxygen atoms in total. The molecule has 2 heterocycles. The van der Waals surface area contributed by atoms with E-state index in [2.05, 4.69) is 11.1 Å². The Morgan fingerprint density at radius 2 is 2.04 bits per heavy atom. The zero-order valence-electron chi connectivity index (χ0n) is 13.6. The smallest absolute Gasteiger partial charge is 0.339 e. The summed E-state index contributed by atoms with van der Waals surface area (Å²) in [6.07, 6.45) is 8.21. The third-order valence-corrected chi connectivity index (χ3v) is 3.66. The van der Waals surface area contributed by atoms with Crippen LogP contribution < -0.4 is 4.74 Å². The van der Waals surface area contributed by atoms with Gasteiger partial charge < -0.3 is 14.3 Å². The van der Waals surface area contributed by atoms with Crippen LogP contribution in [0.3, 0.4) is 0 Å². The van der Waals surface area contributed by atoms with E-state index in [0.29, 0.717) is 11.3 Å². The third-order valence-electron chi connectivity index (χ3n) is 3.66. The van der Waals surface area contributed by atoms with E-state index in [1.807, 2.05) is 24.3 Å². The number of pyridine rings is 1. The molecule has 0 aliphatic heterocycles. The average Bonchev–Trinajstić information content (AvgIpc) is 3.15. The van der Waals surface area contributed by atoms with Crippen LogP contribution >= 0.6 is 0 Å². The van der Waals surface area contributed by atoms with Gasteiger partial charge in [-0.1, -0.05) is 24.3 Å². The van der Waals surface area contributed by atoms with Crippen molar-refractivity contribution in [2.75, 3.05) is 0 Å². The molecule has 0 saturated carbocycles. The fourth-order valence-electron chi connectivity index (χ4n) is 2.30. The lowest BCUT2D eigenvalue weighted by Gasteiger charge is -2.05. The monoisotopic (exact) mass is 346 g/mol. The van der Waals surface area contributed by atoms with Crippen molar-refractivity contribution in [1.29, 1.82) is 5.26 Å². The lowest BCUT2D eigenvalue weighted by atomic mass is 10.1. The van der Waals surface area contributed by atoms with Crippen LogP contribution in [0.4, 0.5) is 0 Å². The van der Waals surface area contributed by atoms with Crippen molar-refractivity contribution in [3.8, 4) is 11.8 Å². The van der Waals surface area contributed by atoms with Gasteiger partial charge in [0.15, 0.2) is 5.76 Å². The third kappa shape index (κ3) is 3.97. The minimum atomic E-state index is -1.05. The van der Waals surface area contributed by atoms with Gasteiger partial charge in [-0.3, -0.25) is 4.98 Å². The van der Waals surface area contributed by atoms with Crippen LogP contribution in [0, 0.1) is 11.3 Å². The highest BCUT2D eigenvalue weighted by Crippen LogP contribution is 2.18. The van der Waals surface area contributed by atoms with Gasteiger partial charge in [0.1, 0.15) is 24.0 Å². The highest BCUT2D eigenvalue weighted by Gasteiger charge is 2.13. The molecule has 0 bridgehead atoms. The van der Waals surface area contributed by atoms with Crippen LogP contribution in [0.2, 0.25) is 0 Å². The Bertz CT molecular complexity index is 982. The Kier molecular flexibility index (Phi) is 5.11. The normalized spacial score (nSPS) is 10.6. The van der Waals surface area contributed by atoms with Crippen molar-refractivity contribution >= 4 is 18.1 Å². The van der Waals surface area contributed by atoms with Crippen LogP contribution in [0.5, 0.6) is 5.75 Å². The number of nitrogens with zero attached hydrogens (tertiary/aromatic N) is 2. The van der Waals surface area contributed by atoms with Gasteiger partial charge in [0.25, 0.3) is 0 Å². The topological polar surface area (TPSA) is 96.4 Å². The molecule has 0 atom stereocenters. The van der Waals surface area contributed by atoms with E-state index in [-0.39, 0.29) is 17.9 Å². The quantitative estimate of drug-likeness (QED) is 0.725. The van der Waals surface area contributed by atoms with E-state index < -0.39 is 5.97 Å². The second kappa shape index (κ2) is 7.81. The SMILES string of the molecule is N#Cc1cnccc1/C=C/c1ccc(OCc2occc2C(=O)O)cc1. The fourth-order valence-corrected chi connectivity index (χ4v) is 2.30. The molecule has 26 heavy (non-hydrogen) atoms. The summed E-state index contributed by atoms with van der Waals surface area (Å²) in [6, 6.07) is 12.5. The van der Waals surface area contributed by atoms with Gasteiger partial charge >= 0.3 is 5.97 Å². The number of rotatable bonds is 6. The second-order valence-electron chi connectivity index (χ2n) is 5.33. The molecule has 0 fully saturated rings. The van der Waals surface area contributed by atoms with Crippen molar-refractivity contribution in [3.63, 3.8) is 0 Å². The first kappa shape index (κ1) is 17.0. The second-order valence-corrected chi connectivity index (χ2v) is 5.33. The maximum atomic E-state index is 11.0. The van der Waals surface area contributed by atoms with Gasteiger partial charge in [0, 0.05) is 12.4 Å². The van der Waals surface area contributed by atoms with Gasteiger partial charge in [0.05, 0.1) is 11.8 Å². The summed E-state index contributed by atoms with van der Waals surface area (Å²) in [5.74, 6) is -0.189. The van der Waals surface area contributed by atoms with Gasteiger partial charge in [-0.25, -0.2) is 4.79 Å². The van der Waals surface area contributed by atoms with Gasteiger partial charge in [-0.05, 0) is 35.4 Å². The molecule has 1 aromatic carbocycles. The van der Waals surface area contributed by atoms with Crippen LogP contribution in [0.25, 0.3) is 12.2 Å². The Morgan fingerprint density at radius 3 is 2.77 bits per heavy atom. The number of nitriles is 1. The molecule has 0 aliphatic rings. The van der Waals surface area contributed by atoms with Crippen LogP contribution in [-0.2, 0) is 6.61 Å². The number of benzene rings is 1. The minimum absolute atomic E-state index is 0.0341. The average molecular weight is 346 g/mol. The molecule has 128 valence electrons. The zero-order chi connectivity index (χ0) is 18.4. The number of aromatic nitrogens is 1. The summed E-state index contributed by atoms with van der Waals surface area (Å²) < 4.78 is 10.7. The molecule has 6 heteroatoms. The maximum Gasteiger partial charge on any atom is 0.339 e. The Balaban J connectivity index is 1.65. The fraction of sp³-hybridized carbons (Fsp3) is 0.0500. The molecule has 0 aliphatic carbocycles. The summed E-state index contributed by atoms with van der Waals surface area (Å²) in [5.41, 5.74) is 2.33. The van der Waals surface area contributed by atoms with Crippen molar-refractivity contribution in [2.24, 2.45) is 0 Å². The molecule has 0 radical (unpaired) electrons. The number of carbonyl (C=O) groups is 1. The predicted molar refractivity (Wildman–Crippen MR) is 94.3 cm³/mol. The first-order chi connectivity index (χ1) is 12.7. The largest absolute Gasteiger partial charge is 0.486 e. The van der Waals surface area contributed by atoms with E-state index in [1.54, 1.807) is 24.4 Å². The first-order valence-electron chi connectivity index (χ1n) is 7.72. The summed E-state index contributed by atoms with van der Waals surface area (Å²) in [7, 11) is 0. The summed E-state index contributed by atoms with van der Waals surface area (Å²) in [4.78, 5) is 15.0. The van der Waals surface area contributed by atoms with Crippen molar-refractivity contribution in [2.45, 2.75) is 6.61 Å². The number of hydrogen-bond donors (Lipinski definition) is 1. The Hall–Kier alpha value is -3.85. The van der Waals surface area contributed by atoms with Gasteiger partial charge in [-0.2, -0.15) is 5.26 Å². The van der Waals surface area contributed by atoms with Crippen LogP contribution in [0.15, 0.2) is 59.5 Å². The molecule has 1 N–H and O–H groups in total. The molecule has 0 unspecified atom stereocenters. The van der Waals surface area contributed by atoms with E-state index in [9.17, 15) is 4.79 Å². The first-order valence-corrected chi connectivity index (χ1v) is 7.72. The van der Waals surface area contributed by atoms with E-state index >= 15 is 0 Å². The van der Waals surface area contributed by atoms with Gasteiger partial charge in [-0.15, -0.1) is 0 Å². The molecule has 3 rings (SSSR count). The molecule has 3 aromatic rings. The molecular formula is C20H14N2O4. The van der Waals surface area contributed by atoms with Crippen molar-refractivity contribution in [1.82, 2.24) is 4.98 Å². The van der Waals surface area contributed by atoms with E-state index in [1.165, 1.54) is 18.5 Å². The molecule has 0 spiro atoms. The number of hydrogen-bond acceptors (Lipinski definition) is 5. The summed E-state index contributed by atoms with van der Waals surface area (Å²) >= 11 is 0. The van der Waals surface area contributed by atoms with E-state index in [4.69, 9.17) is 19.5 Å². The standard InChI is InChI=1S/C20H14N2O4/c21-11-16-12-22-9-7-15(16)4-1-14-2-5-17(6-3-14)26-13-19-18(20(23)24)8-10-25-19/h1-10,12H,13H2,(H,23,24)/b4-1+. The highest BCUT2D eigenvalue weighted by atomic mass is 16.5. The highest BCUT2D eigenvalue weighted by molar-refractivity contribution is 5.88. The summed E-state index contributed by atoms with van der Waals surface area (Å²) in [5, 5.41) is 18.1.